The molecule has 1 aromatic carbocycles. The second kappa shape index (κ2) is 6.47. The SMILES string of the molecule is COc1cc(OC)c(C(=O)N2CCn3cccc3C2C)cc1OC. The first-order valence-electron chi connectivity index (χ1n) is 7.86. The highest BCUT2D eigenvalue weighted by molar-refractivity contribution is 5.98. The van der Waals surface area contributed by atoms with Crippen LogP contribution in [-0.2, 0) is 6.54 Å². The summed E-state index contributed by atoms with van der Waals surface area (Å²) >= 11 is 0. The average molecular weight is 330 g/mol. The molecule has 0 N–H and O–H groups in total. The van der Waals surface area contributed by atoms with Crippen molar-refractivity contribution in [3.05, 3.63) is 41.7 Å². The molecule has 1 aliphatic heterocycles. The fraction of sp³-hybridized carbons (Fsp3) is 0.389. The Labute approximate surface area is 141 Å². The Hall–Kier alpha value is -2.63. The van der Waals surface area contributed by atoms with E-state index in [1.807, 2.05) is 24.1 Å². The lowest BCUT2D eigenvalue weighted by Crippen LogP contribution is -2.40. The number of carbonyl (C=O) groups excluding carboxylic acids is 1. The zero-order valence-corrected chi connectivity index (χ0v) is 14.4. The quantitative estimate of drug-likeness (QED) is 0.865. The number of benzene rings is 1. The van der Waals surface area contributed by atoms with E-state index < -0.39 is 0 Å². The molecule has 0 saturated carbocycles. The summed E-state index contributed by atoms with van der Waals surface area (Å²) in [6.07, 6.45) is 2.05. The standard InChI is InChI=1S/C18H22N2O4/c1-12-14-6-5-7-19(14)8-9-20(12)18(21)13-10-16(23-3)17(24-4)11-15(13)22-2/h5-7,10-12H,8-9H2,1-4H3. The Morgan fingerprint density at radius 2 is 1.71 bits per heavy atom. The molecule has 3 rings (SSSR count). The number of nitrogens with zero attached hydrogens (tertiary/aromatic N) is 2. The van der Waals surface area contributed by atoms with Gasteiger partial charge in [-0.15, -0.1) is 0 Å². The summed E-state index contributed by atoms with van der Waals surface area (Å²) in [7, 11) is 4.65. The highest BCUT2D eigenvalue weighted by atomic mass is 16.5. The van der Waals surface area contributed by atoms with E-state index in [0.29, 0.717) is 29.4 Å². The number of ether oxygens (including phenoxy) is 3. The fourth-order valence-electron chi connectivity index (χ4n) is 3.21. The van der Waals surface area contributed by atoms with Crippen molar-refractivity contribution in [2.45, 2.75) is 19.5 Å². The third-order valence-corrected chi connectivity index (χ3v) is 4.54. The third kappa shape index (κ3) is 2.58. The molecule has 0 fully saturated rings. The van der Waals surface area contributed by atoms with Crippen LogP contribution in [-0.4, -0.2) is 43.2 Å². The van der Waals surface area contributed by atoms with Gasteiger partial charge in [-0.3, -0.25) is 4.79 Å². The fourth-order valence-corrected chi connectivity index (χ4v) is 3.21. The van der Waals surface area contributed by atoms with Gasteiger partial charge in [0.05, 0.1) is 32.9 Å². The predicted octanol–water partition coefficient (Wildman–Crippen LogP) is 2.73. The van der Waals surface area contributed by atoms with E-state index in [1.54, 1.807) is 33.5 Å². The molecule has 0 aliphatic carbocycles. The van der Waals surface area contributed by atoms with E-state index in [9.17, 15) is 4.79 Å². The van der Waals surface area contributed by atoms with E-state index in [2.05, 4.69) is 10.6 Å². The second-order valence-corrected chi connectivity index (χ2v) is 5.71. The first-order valence-corrected chi connectivity index (χ1v) is 7.86. The van der Waals surface area contributed by atoms with Crippen molar-refractivity contribution >= 4 is 5.91 Å². The van der Waals surface area contributed by atoms with Crippen LogP contribution >= 0.6 is 0 Å². The molecule has 128 valence electrons. The first kappa shape index (κ1) is 16.2. The average Bonchev–Trinajstić information content (AvgIpc) is 3.09. The molecule has 24 heavy (non-hydrogen) atoms. The number of amides is 1. The molecule has 2 aromatic rings. The van der Waals surface area contributed by atoms with Gasteiger partial charge >= 0.3 is 0 Å². The smallest absolute Gasteiger partial charge is 0.258 e. The van der Waals surface area contributed by atoms with Gasteiger partial charge in [0, 0.05) is 37.1 Å². The van der Waals surface area contributed by atoms with Crippen molar-refractivity contribution < 1.29 is 19.0 Å². The van der Waals surface area contributed by atoms with Gasteiger partial charge in [0.1, 0.15) is 5.75 Å². The Balaban J connectivity index is 1.98. The van der Waals surface area contributed by atoms with Gasteiger partial charge in [-0.2, -0.15) is 0 Å². The molecule has 1 aliphatic rings. The summed E-state index contributed by atoms with van der Waals surface area (Å²) in [5.74, 6) is 1.44. The number of fused-ring (bicyclic) bond motifs is 1. The lowest BCUT2D eigenvalue weighted by Gasteiger charge is -2.35. The molecule has 0 bridgehead atoms. The number of carbonyl (C=O) groups is 1. The molecule has 6 nitrogen and oxygen atoms in total. The first-order chi connectivity index (χ1) is 11.6. The Bertz CT molecular complexity index is 753. The summed E-state index contributed by atoms with van der Waals surface area (Å²) in [4.78, 5) is 15.0. The Kier molecular flexibility index (Phi) is 4.38. The zero-order valence-electron chi connectivity index (χ0n) is 14.4. The maximum absolute atomic E-state index is 13.1. The van der Waals surface area contributed by atoms with Crippen LogP contribution in [0.5, 0.6) is 17.2 Å². The zero-order chi connectivity index (χ0) is 17.3. The lowest BCUT2D eigenvalue weighted by atomic mass is 10.1. The van der Waals surface area contributed by atoms with E-state index in [-0.39, 0.29) is 11.9 Å². The van der Waals surface area contributed by atoms with E-state index in [1.165, 1.54) is 0 Å². The van der Waals surface area contributed by atoms with Crippen LogP contribution in [0.2, 0.25) is 0 Å². The molecule has 1 unspecified atom stereocenters. The van der Waals surface area contributed by atoms with Crippen LogP contribution in [0.25, 0.3) is 0 Å². The van der Waals surface area contributed by atoms with Gasteiger partial charge in [0.2, 0.25) is 0 Å². The Morgan fingerprint density at radius 3 is 2.38 bits per heavy atom. The van der Waals surface area contributed by atoms with E-state index in [4.69, 9.17) is 14.2 Å². The normalized spacial score (nSPS) is 16.5. The van der Waals surface area contributed by atoms with Crippen molar-refractivity contribution in [1.29, 1.82) is 0 Å². The highest BCUT2D eigenvalue weighted by Gasteiger charge is 2.30. The van der Waals surface area contributed by atoms with Crippen LogP contribution in [0.1, 0.15) is 29.0 Å². The van der Waals surface area contributed by atoms with Gasteiger partial charge in [0.25, 0.3) is 5.91 Å². The molecule has 2 heterocycles. The van der Waals surface area contributed by atoms with Crippen LogP contribution in [0.3, 0.4) is 0 Å². The van der Waals surface area contributed by atoms with Crippen molar-refractivity contribution in [3.63, 3.8) is 0 Å². The van der Waals surface area contributed by atoms with Gasteiger partial charge in [-0.05, 0) is 19.1 Å². The van der Waals surface area contributed by atoms with Crippen molar-refractivity contribution in [1.82, 2.24) is 9.47 Å². The summed E-state index contributed by atoms with van der Waals surface area (Å²) in [5, 5.41) is 0. The molecule has 0 radical (unpaired) electrons. The highest BCUT2D eigenvalue weighted by Crippen LogP contribution is 2.36. The summed E-state index contributed by atoms with van der Waals surface area (Å²) < 4.78 is 18.2. The number of rotatable bonds is 4. The second-order valence-electron chi connectivity index (χ2n) is 5.71. The minimum Gasteiger partial charge on any atom is -0.496 e. The van der Waals surface area contributed by atoms with Crippen LogP contribution in [0, 0.1) is 0 Å². The van der Waals surface area contributed by atoms with Gasteiger partial charge < -0.3 is 23.7 Å². The number of hydrogen-bond donors (Lipinski definition) is 0. The summed E-state index contributed by atoms with van der Waals surface area (Å²) in [5.41, 5.74) is 1.61. The molecule has 6 heteroatoms. The van der Waals surface area contributed by atoms with Crippen LogP contribution in [0.4, 0.5) is 0 Å². The minimum atomic E-state index is -0.0762. The molecular formula is C18H22N2O4. The predicted molar refractivity (Wildman–Crippen MR) is 90.0 cm³/mol. The minimum absolute atomic E-state index is 0.000877. The molecule has 1 atom stereocenters. The van der Waals surface area contributed by atoms with Gasteiger partial charge in [-0.25, -0.2) is 0 Å². The lowest BCUT2D eigenvalue weighted by molar-refractivity contribution is 0.0640. The van der Waals surface area contributed by atoms with Crippen LogP contribution in [0.15, 0.2) is 30.5 Å². The van der Waals surface area contributed by atoms with Crippen molar-refractivity contribution in [3.8, 4) is 17.2 Å². The van der Waals surface area contributed by atoms with Crippen LogP contribution < -0.4 is 14.2 Å². The number of aromatic nitrogens is 1. The van der Waals surface area contributed by atoms with E-state index >= 15 is 0 Å². The molecular weight excluding hydrogens is 308 g/mol. The van der Waals surface area contributed by atoms with Gasteiger partial charge in [0.15, 0.2) is 11.5 Å². The number of methoxy groups -OCH3 is 3. The largest absolute Gasteiger partial charge is 0.496 e. The maximum Gasteiger partial charge on any atom is 0.258 e. The number of hydrogen-bond acceptors (Lipinski definition) is 4. The van der Waals surface area contributed by atoms with E-state index in [0.717, 1.165) is 12.2 Å². The Morgan fingerprint density at radius 1 is 1.04 bits per heavy atom. The van der Waals surface area contributed by atoms with Gasteiger partial charge in [-0.1, -0.05) is 0 Å². The molecule has 0 saturated heterocycles. The molecule has 1 aromatic heterocycles. The summed E-state index contributed by atoms with van der Waals surface area (Å²) in [6, 6.07) is 7.43. The van der Waals surface area contributed by atoms with Crippen molar-refractivity contribution in [2.75, 3.05) is 27.9 Å². The maximum atomic E-state index is 13.1. The molecule has 0 spiro atoms. The summed E-state index contributed by atoms with van der Waals surface area (Å²) in [6.45, 7) is 3.48. The monoisotopic (exact) mass is 330 g/mol. The third-order valence-electron chi connectivity index (χ3n) is 4.54. The topological polar surface area (TPSA) is 52.9 Å². The molecule has 1 amide bonds. The van der Waals surface area contributed by atoms with Crippen molar-refractivity contribution in [2.24, 2.45) is 0 Å².